The molecule has 0 radical (unpaired) electrons. The molecular formula is C14H17ClN2O. The average molecular weight is 265 g/mol. The minimum atomic E-state index is -0.123. The Morgan fingerprint density at radius 1 is 1.50 bits per heavy atom. The first-order chi connectivity index (χ1) is 8.60. The number of hydrogen-bond acceptors (Lipinski definition) is 3. The molecule has 0 spiro atoms. The standard InChI is InChI=1S/C14H17ClN2O/c1-10-5-13(18-2)11(6-12(10)15)7-17-9-14(8-16)3-4-14/h5-6,17H,3-4,7,9H2,1-2H3. The second kappa shape index (κ2) is 5.17. The Labute approximate surface area is 113 Å². The van der Waals surface area contributed by atoms with Gasteiger partial charge in [0.25, 0.3) is 0 Å². The molecule has 0 bridgehead atoms. The van der Waals surface area contributed by atoms with Crippen molar-refractivity contribution >= 4 is 11.6 Å². The number of nitriles is 1. The summed E-state index contributed by atoms with van der Waals surface area (Å²) >= 11 is 6.12. The maximum Gasteiger partial charge on any atom is 0.123 e. The summed E-state index contributed by atoms with van der Waals surface area (Å²) in [4.78, 5) is 0. The molecule has 0 atom stereocenters. The normalized spacial score (nSPS) is 16.1. The van der Waals surface area contributed by atoms with E-state index in [9.17, 15) is 0 Å². The van der Waals surface area contributed by atoms with Crippen LogP contribution < -0.4 is 10.1 Å². The van der Waals surface area contributed by atoms with Crippen LogP contribution in [0.5, 0.6) is 5.75 Å². The Kier molecular flexibility index (Phi) is 3.79. The number of methoxy groups -OCH3 is 1. The van der Waals surface area contributed by atoms with Crippen molar-refractivity contribution in [3.8, 4) is 11.8 Å². The van der Waals surface area contributed by atoms with Crippen molar-refractivity contribution in [1.82, 2.24) is 5.32 Å². The van der Waals surface area contributed by atoms with Crippen molar-refractivity contribution in [3.63, 3.8) is 0 Å². The highest BCUT2D eigenvalue weighted by molar-refractivity contribution is 6.31. The maximum atomic E-state index is 9.00. The van der Waals surface area contributed by atoms with Gasteiger partial charge in [0.05, 0.1) is 18.6 Å². The summed E-state index contributed by atoms with van der Waals surface area (Å²) < 4.78 is 5.34. The molecule has 1 aromatic carbocycles. The zero-order chi connectivity index (χ0) is 13.2. The molecule has 0 aliphatic heterocycles. The van der Waals surface area contributed by atoms with Crippen molar-refractivity contribution in [1.29, 1.82) is 5.26 Å². The van der Waals surface area contributed by atoms with Crippen LogP contribution in [0.4, 0.5) is 0 Å². The van der Waals surface area contributed by atoms with E-state index in [1.165, 1.54) is 0 Å². The first-order valence-corrected chi connectivity index (χ1v) is 6.43. The van der Waals surface area contributed by atoms with Crippen LogP contribution in [-0.4, -0.2) is 13.7 Å². The number of hydrogen-bond donors (Lipinski definition) is 1. The lowest BCUT2D eigenvalue weighted by Gasteiger charge is -2.13. The highest BCUT2D eigenvalue weighted by atomic mass is 35.5. The van der Waals surface area contributed by atoms with E-state index in [4.69, 9.17) is 21.6 Å². The SMILES string of the molecule is COc1cc(C)c(Cl)cc1CNCC1(C#N)CC1. The number of aryl methyl sites for hydroxylation is 1. The molecule has 1 N–H and O–H groups in total. The molecule has 0 unspecified atom stereocenters. The summed E-state index contributed by atoms with van der Waals surface area (Å²) in [7, 11) is 1.66. The summed E-state index contributed by atoms with van der Waals surface area (Å²) in [5.74, 6) is 0.839. The second-order valence-electron chi connectivity index (χ2n) is 4.91. The van der Waals surface area contributed by atoms with Crippen LogP contribution in [0.1, 0.15) is 24.0 Å². The Balaban J connectivity index is 2.00. The van der Waals surface area contributed by atoms with Gasteiger partial charge in [-0.15, -0.1) is 0 Å². The summed E-state index contributed by atoms with van der Waals surface area (Å²) in [5, 5.41) is 13.1. The Morgan fingerprint density at radius 2 is 2.22 bits per heavy atom. The molecule has 1 saturated carbocycles. The Hall–Kier alpha value is -1.24. The lowest BCUT2D eigenvalue weighted by molar-refractivity contribution is 0.406. The van der Waals surface area contributed by atoms with E-state index in [0.717, 1.165) is 41.3 Å². The number of nitrogens with zero attached hydrogens (tertiary/aromatic N) is 1. The quantitative estimate of drug-likeness (QED) is 0.889. The number of rotatable bonds is 5. The summed E-state index contributed by atoms with van der Waals surface area (Å²) in [6, 6.07) is 6.23. The van der Waals surface area contributed by atoms with Gasteiger partial charge in [-0.1, -0.05) is 11.6 Å². The van der Waals surface area contributed by atoms with Gasteiger partial charge in [0, 0.05) is 23.7 Å². The van der Waals surface area contributed by atoms with Gasteiger partial charge in [-0.3, -0.25) is 0 Å². The molecule has 1 aromatic rings. The van der Waals surface area contributed by atoms with Crippen LogP contribution in [0.3, 0.4) is 0 Å². The minimum Gasteiger partial charge on any atom is -0.496 e. The first-order valence-electron chi connectivity index (χ1n) is 6.05. The second-order valence-corrected chi connectivity index (χ2v) is 5.32. The Bertz CT molecular complexity index is 489. The topological polar surface area (TPSA) is 45.0 Å². The van der Waals surface area contributed by atoms with Crippen molar-refractivity contribution in [2.24, 2.45) is 5.41 Å². The van der Waals surface area contributed by atoms with Crippen LogP contribution in [-0.2, 0) is 6.54 Å². The van der Waals surface area contributed by atoms with Crippen LogP contribution in [0.25, 0.3) is 0 Å². The van der Waals surface area contributed by atoms with Crippen molar-refractivity contribution in [3.05, 3.63) is 28.3 Å². The lowest BCUT2D eigenvalue weighted by atomic mass is 10.1. The number of benzene rings is 1. The van der Waals surface area contributed by atoms with Crippen LogP contribution in [0, 0.1) is 23.7 Å². The van der Waals surface area contributed by atoms with Gasteiger partial charge in [0.15, 0.2) is 0 Å². The molecule has 4 heteroatoms. The predicted octanol–water partition coefficient (Wildman–Crippen LogP) is 3.05. The Morgan fingerprint density at radius 3 is 2.78 bits per heavy atom. The van der Waals surface area contributed by atoms with E-state index in [-0.39, 0.29) is 5.41 Å². The predicted molar refractivity (Wildman–Crippen MR) is 71.7 cm³/mol. The van der Waals surface area contributed by atoms with Crippen molar-refractivity contribution < 1.29 is 4.74 Å². The first kappa shape index (κ1) is 13.2. The van der Waals surface area contributed by atoms with Crippen molar-refractivity contribution in [2.75, 3.05) is 13.7 Å². The molecule has 0 aromatic heterocycles. The molecular weight excluding hydrogens is 248 g/mol. The molecule has 0 heterocycles. The molecule has 0 amide bonds. The van der Waals surface area contributed by atoms with E-state index >= 15 is 0 Å². The molecule has 1 aliphatic rings. The highest BCUT2D eigenvalue weighted by Gasteiger charge is 2.42. The van der Waals surface area contributed by atoms with E-state index < -0.39 is 0 Å². The smallest absolute Gasteiger partial charge is 0.123 e. The number of ether oxygens (including phenoxy) is 1. The van der Waals surface area contributed by atoms with Gasteiger partial charge >= 0.3 is 0 Å². The molecule has 96 valence electrons. The van der Waals surface area contributed by atoms with Gasteiger partial charge in [0.1, 0.15) is 5.75 Å². The van der Waals surface area contributed by atoms with Crippen LogP contribution >= 0.6 is 11.6 Å². The number of halogens is 1. The third-order valence-electron chi connectivity index (χ3n) is 3.43. The third-order valence-corrected chi connectivity index (χ3v) is 3.84. The zero-order valence-electron chi connectivity index (χ0n) is 10.7. The largest absolute Gasteiger partial charge is 0.496 e. The highest BCUT2D eigenvalue weighted by Crippen LogP contribution is 2.44. The van der Waals surface area contributed by atoms with E-state index in [1.54, 1.807) is 7.11 Å². The van der Waals surface area contributed by atoms with Gasteiger partial charge in [-0.25, -0.2) is 0 Å². The fourth-order valence-corrected chi connectivity index (χ4v) is 2.13. The van der Waals surface area contributed by atoms with Crippen LogP contribution in [0.15, 0.2) is 12.1 Å². The molecule has 1 aliphatic carbocycles. The van der Waals surface area contributed by atoms with Gasteiger partial charge < -0.3 is 10.1 Å². The molecule has 1 fully saturated rings. The van der Waals surface area contributed by atoms with Gasteiger partial charge in [-0.2, -0.15) is 5.26 Å². The van der Waals surface area contributed by atoms with E-state index in [1.807, 2.05) is 19.1 Å². The van der Waals surface area contributed by atoms with Gasteiger partial charge in [-0.05, 0) is 37.5 Å². The van der Waals surface area contributed by atoms with Crippen molar-refractivity contribution in [2.45, 2.75) is 26.3 Å². The minimum absolute atomic E-state index is 0.123. The van der Waals surface area contributed by atoms with Gasteiger partial charge in [0.2, 0.25) is 0 Å². The third kappa shape index (κ3) is 2.77. The van der Waals surface area contributed by atoms with E-state index in [2.05, 4.69) is 11.4 Å². The zero-order valence-corrected chi connectivity index (χ0v) is 11.5. The lowest BCUT2D eigenvalue weighted by Crippen LogP contribution is -2.22. The summed E-state index contributed by atoms with van der Waals surface area (Å²) in [6.45, 7) is 3.36. The van der Waals surface area contributed by atoms with E-state index in [0.29, 0.717) is 6.54 Å². The molecule has 18 heavy (non-hydrogen) atoms. The summed E-state index contributed by atoms with van der Waals surface area (Å²) in [5.41, 5.74) is 1.91. The maximum absolute atomic E-state index is 9.00. The molecule has 0 saturated heterocycles. The summed E-state index contributed by atoms with van der Waals surface area (Å²) in [6.07, 6.45) is 2.00. The number of nitrogens with one attached hydrogen (secondary N) is 1. The fraction of sp³-hybridized carbons (Fsp3) is 0.500. The monoisotopic (exact) mass is 264 g/mol. The fourth-order valence-electron chi connectivity index (χ4n) is 1.94. The molecule has 2 rings (SSSR count). The molecule has 3 nitrogen and oxygen atoms in total. The van der Waals surface area contributed by atoms with Crippen LogP contribution in [0.2, 0.25) is 5.02 Å². The average Bonchev–Trinajstić information content (AvgIpc) is 3.14.